The largest absolute Gasteiger partial charge is 0.440 e. The number of hydrogen-bond acceptors (Lipinski definition) is 6. The Morgan fingerprint density at radius 1 is 1.03 bits per heavy atom. The van der Waals surface area contributed by atoms with Crippen molar-refractivity contribution in [3.05, 3.63) is 105 Å². The van der Waals surface area contributed by atoms with Crippen molar-refractivity contribution >= 4 is 22.5 Å². The van der Waals surface area contributed by atoms with Crippen LogP contribution in [0.3, 0.4) is 0 Å². The summed E-state index contributed by atoms with van der Waals surface area (Å²) in [7, 11) is 0. The van der Waals surface area contributed by atoms with Gasteiger partial charge in [0.05, 0.1) is 30.1 Å². The number of para-hydroxylation sites is 1. The maximum atomic E-state index is 13.1. The van der Waals surface area contributed by atoms with E-state index in [-0.39, 0.29) is 30.1 Å². The molecule has 3 N–H and O–H groups in total. The zero-order chi connectivity index (χ0) is 24.6. The highest BCUT2D eigenvalue weighted by Gasteiger charge is 2.45. The predicted octanol–water partition coefficient (Wildman–Crippen LogP) is 4.52. The molecule has 5 rings (SSSR count). The van der Waals surface area contributed by atoms with Crippen molar-refractivity contribution in [2.45, 2.75) is 31.9 Å². The van der Waals surface area contributed by atoms with Crippen LogP contribution in [0, 0.1) is 6.92 Å². The second-order valence-corrected chi connectivity index (χ2v) is 9.52. The van der Waals surface area contributed by atoms with E-state index in [2.05, 4.69) is 5.32 Å². The smallest absolute Gasteiger partial charge is 0.200 e. The molecule has 1 saturated heterocycles. The van der Waals surface area contributed by atoms with Crippen LogP contribution in [0.4, 0.5) is 11.6 Å². The number of nitrogens with zero attached hydrogens (tertiary/aromatic N) is 1. The highest BCUT2D eigenvalue weighted by molar-refractivity contribution is 5.83. The van der Waals surface area contributed by atoms with E-state index in [0.717, 1.165) is 27.9 Å². The Labute approximate surface area is 204 Å². The lowest BCUT2D eigenvalue weighted by Gasteiger charge is -2.49. The van der Waals surface area contributed by atoms with Crippen LogP contribution in [0.1, 0.15) is 35.2 Å². The lowest BCUT2D eigenvalue weighted by Crippen LogP contribution is -2.61. The van der Waals surface area contributed by atoms with Crippen molar-refractivity contribution in [2.24, 2.45) is 0 Å². The van der Waals surface area contributed by atoms with Gasteiger partial charge in [0, 0.05) is 36.0 Å². The lowest BCUT2D eigenvalue weighted by molar-refractivity contribution is 0.159. The molecule has 1 unspecified atom stereocenters. The fourth-order valence-electron chi connectivity index (χ4n) is 5.02. The van der Waals surface area contributed by atoms with Crippen LogP contribution >= 0.6 is 0 Å². The average Bonchev–Trinajstić information content (AvgIpc) is 2.85. The molecule has 1 fully saturated rings. The lowest BCUT2D eigenvalue weighted by atomic mass is 9.74. The van der Waals surface area contributed by atoms with Crippen LogP contribution in [0.5, 0.6) is 0 Å². The Kier molecular flexibility index (Phi) is 6.09. The molecule has 0 amide bonds. The van der Waals surface area contributed by atoms with E-state index in [4.69, 9.17) is 4.42 Å². The summed E-state index contributed by atoms with van der Waals surface area (Å²) in [6, 6.07) is 22.9. The SMILES string of the molecule is Cc1cc(C(C)Nc2ccccc2CO)c2oc(N3CC(CO)(c4ccccc4)C3)cc(=O)c2c1. The Morgan fingerprint density at radius 3 is 2.46 bits per heavy atom. The molecule has 1 aromatic heterocycles. The summed E-state index contributed by atoms with van der Waals surface area (Å²) in [6.07, 6.45) is 0. The third-order valence-corrected chi connectivity index (χ3v) is 7.00. The van der Waals surface area contributed by atoms with Gasteiger partial charge in [-0.1, -0.05) is 54.6 Å². The van der Waals surface area contributed by atoms with Gasteiger partial charge in [-0.05, 0) is 37.1 Å². The molecule has 1 aliphatic heterocycles. The van der Waals surface area contributed by atoms with E-state index >= 15 is 0 Å². The van der Waals surface area contributed by atoms with Crippen LogP contribution in [0.25, 0.3) is 11.0 Å². The summed E-state index contributed by atoms with van der Waals surface area (Å²) in [6.45, 7) is 5.09. The topological polar surface area (TPSA) is 85.9 Å². The van der Waals surface area contributed by atoms with E-state index in [1.54, 1.807) is 6.07 Å². The molecule has 6 heteroatoms. The van der Waals surface area contributed by atoms with Crippen molar-refractivity contribution in [1.29, 1.82) is 0 Å². The molecule has 0 spiro atoms. The van der Waals surface area contributed by atoms with E-state index in [9.17, 15) is 15.0 Å². The monoisotopic (exact) mass is 470 g/mol. The maximum Gasteiger partial charge on any atom is 0.200 e. The van der Waals surface area contributed by atoms with Gasteiger partial charge in [0.15, 0.2) is 11.3 Å². The molecule has 2 heterocycles. The molecule has 1 aliphatic rings. The van der Waals surface area contributed by atoms with E-state index in [1.807, 2.05) is 85.5 Å². The number of benzene rings is 3. The second-order valence-electron chi connectivity index (χ2n) is 9.52. The summed E-state index contributed by atoms with van der Waals surface area (Å²) in [4.78, 5) is 15.1. The third-order valence-electron chi connectivity index (χ3n) is 7.00. The van der Waals surface area contributed by atoms with Gasteiger partial charge < -0.3 is 24.8 Å². The summed E-state index contributed by atoms with van der Waals surface area (Å²) in [5.41, 5.74) is 4.69. The Balaban J connectivity index is 1.50. The number of anilines is 2. The zero-order valence-corrected chi connectivity index (χ0v) is 20.0. The molecule has 1 atom stereocenters. The quantitative estimate of drug-likeness (QED) is 0.368. The molecular weight excluding hydrogens is 440 g/mol. The summed E-state index contributed by atoms with van der Waals surface area (Å²) in [5.74, 6) is 0.510. The van der Waals surface area contributed by atoms with Crippen molar-refractivity contribution in [2.75, 3.05) is 29.9 Å². The van der Waals surface area contributed by atoms with Gasteiger partial charge in [-0.2, -0.15) is 0 Å². The van der Waals surface area contributed by atoms with E-state index in [0.29, 0.717) is 29.9 Å². The normalized spacial score (nSPS) is 15.6. The van der Waals surface area contributed by atoms with Crippen molar-refractivity contribution in [1.82, 2.24) is 0 Å². The first kappa shape index (κ1) is 23.1. The molecule has 180 valence electrons. The van der Waals surface area contributed by atoms with Crippen molar-refractivity contribution < 1.29 is 14.6 Å². The molecule has 0 radical (unpaired) electrons. The minimum atomic E-state index is -0.367. The molecule has 35 heavy (non-hydrogen) atoms. The van der Waals surface area contributed by atoms with Gasteiger partial charge >= 0.3 is 0 Å². The summed E-state index contributed by atoms with van der Waals surface area (Å²) < 4.78 is 6.38. The highest BCUT2D eigenvalue weighted by atomic mass is 16.4. The highest BCUT2D eigenvalue weighted by Crippen LogP contribution is 2.38. The van der Waals surface area contributed by atoms with Gasteiger partial charge in [0.1, 0.15) is 5.58 Å². The summed E-state index contributed by atoms with van der Waals surface area (Å²) in [5, 5.41) is 23.9. The average molecular weight is 471 g/mol. The van der Waals surface area contributed by atoms with Gasteiger partial charge in [-0.25, -0.2) is 0 Å². The third kappa shape index (κ3) is 4.20. The fraction of sp³-hybridized carbons (Fsp3) is 0.276. The number of fused-ring (bicyclic) bond motifs is 1. The first-order valence-corrected chi connectivity index (χ1v) is 11.9. The van der Waals surface area contributed by atoms with Gasteiger partial charge in [-0.15, -0.1) is 0 Å². The van der Waals surface area contributed by atoms with Gasteiger partial charge in [0.25, 0.3) is 0 Å². The van der Waals surface area contributed by atoms with Gasteiger partial charge in [-0.3, -0.25) is 4.79 Å². The van der Waals surface area contributed by atoms with E-state index in [1.165, 1.54) is 0 Å². The standard InChI is InChI=1S/C29H30N2O4/c1-19-12-23(20(2)30-25-11-7-6-8-21(25)15-32)28-24(13-19)26(34)14-27(35-28)31-16-29(17-31,18-33)22-9-4-3-5-10-22/h3-14,20,30,32-33H,15-18H2,1-2H3. The molecule has 0 bridgehead atoms. The number of aryl methyl sites for hydroxylation is 1. The number of rotatable bonds is 7. The zero-order valence-electron chi connectivity index (χ0n) is 20.0. The Morgan fingerprint density at radius 2 is 1.74 bits per heavy atom. The number of aliphatic hydroxyl groups excluding tert-OH is 2. The molecular formula is C29H30N2O4. The number of nitrogens with one attached hydrogen (secondary N) is 1. The minimum Gasteiger partial charge on any atom is -0.440 e. The van der Waals surface area contributed by atoms with Crippen LogP contribution in [-0.2, 0) is 12.0 Å². The second kappa shape index (κ2) is 9.21. The van der Waals surface area contributed by atoms with Crippen LogP contribution in [0.2, 0.25) is 0 Å². The number of hydrogen-bond donors (Lipinski definition) is 3. The first-order chi connectivity index (χ1) is 16.9. The van der Waals surface area contributed by atoms with E-state index < -0.39 is 0 Å². The Bertz CT molecular complexity index is 1410. The predicted molar refractivity (Wildman–Crippen MR) is 139 cm³/mol. The van der Waals surface area contributed by atoms with Crippen molar-refractivity contribution in [3.63, 3.8) is 0 Å². The fourth-order valence-corrected chi connectivity index (χ4v) is 5.02. The van der Waals surface area contributed by atoms with Crippen LogP contribution in [-0.4, -0.2) is 29.9 Å². The molecule has 0 saturated carbocycles. The Hall–Kier alpha value is -3.61. The van der Waals surface area contributed by atoms with Crippen LogP contribution < -0.4 is 15.6 Å². The maximum absolute atomic E-state index is 13.1. The van der Waals surface area contributed by atoms with Crippen molar-refractivity contribution in [3.8, 4) is 0 Å². The van der Waals surface area contributed by atoms with Crippen LogP contribution in [0.15, 0.2) is 82.0 Å². The number of aliphatic hydroxyl groups is 2. The molecule has 3 aromatic carbocycles. The first-order valence-electron chi connectivity index (χ1n) is 11.9. The molecule has 6 nitrogen and oxygen atoms in total. The molecule has 4 aromatic rings. The molecule has 0 aliphatic carbocycles. The van der Waals surface area contributed by atoms with Gasteiger partial charge in [0.2, 0.25) is 0 Å². The summed E-state index contributed by atoms with van der Waals surface area (Å²) >= 11 is 0. The minimum absolute atomic E-state index is 0.0288.